The highest BCUT2D eigenvalue weighted by Crippen LogP contribution is 2.15. The van der Waals surface area contributed by atoms with Crippen LogP contribution in [-0.4, -0.2) is 19.1 Å². The SMILES string of the molecule is O=C(OCc1cccc(Br)c1)[C@H]1CCCNC1. The van der Waals surface area contributed by atoms with Gasteiger partial charge in [0.05, 0.1) is 5.92 Å². The van der Waals surface area contributed by atoms with Crippen LogP contribution in [0, 0.1) is 5.92 Å². The minimum absolute atomic E-state index is 0.0240. The number of carbonyl (C=O) groups is 1. The van der Waals surface area contributed by atoms with Gasteiger partial charge in [-0.2, -0.15) is 0 Å². The minimum Gasteiger partial charge on any atom is -0.461 e. The smallest absolute Gasteiger partial charge is 0.310 e. The fourth-order valence-corrected chi connectivity index (χ4v) is 2.40. The summed E-state index contributed by atoms with van der Waals surface area (Å²) in [6.07, 6.45) is 1.99. The molecule has 92 valence electrons. The van der Waals surface area contributed by atoms with Gasteiger partial charge in [0.1, 0.15) is 6.61 Å². The van der Waals surface area contributed by atoms with E-state index in [1.54, 1.807) is 0 Å². The first-order chi connectivity index (χ1) is 8.25. The maximum atomic E-state index is 11.8. The Balaban J connectivity index is 1.83. The standard InChI is InChI=1S/C13H16BrNO2/c14-12-5-1-3-10(7-12)9-17-13(16)11-4-2-6-15-8-11/h1,3,5,7,11,15H,2,4,6,8-9H2/t11-/m0/s1. The van der Waals surface area contributed by atoms with Gasteiger partial charge in [0.2, 0.25) is 0 Å². The lowest BCUT2D eigenvalue weighted by Crippen LogP contribution is -2.35. The van der Waals surface area contributed by atoms with Crippen molar-refractivity contribution in [2.75, 3.05) is 13.1 Å². The van der Waals surface area contributed by atoms with E-state index >= 15 is 0 Å². The summed E-state index contributed by atoms with van der Waals surface area (Å²) in [6.45, 7) is 2.11. The zero-order valence-electron chi connectivity index (χ0n) is 9.62. The Morgan fingerprint density at radius 3 is 3.12 bits per heavy atom. The van der Waals surface area contributed by atoms with Gasteiger partial charge in [-0.25, -0.2) is 0 Å². The second-order valence-electron chi connectivity index (χ2n) is 4.28. The molecule has 0 unspecified atom stereocenters. The number of halogens is 1. The fraction of sp³-hybridized carbons (Fsp3) is 0.462. The van der Waals surface area contributed by atoms with Gasteiger partial charge in [-0.1, -0.05) is 28.1 Å². The maximum absolute atomic E-state index is 11.8. The third-order valence-corrected chi connectivity index (χ3v) is 3.39. The third kappa shape index (κ3) is 3.82. The summed E-state index contributed by atoms with van der Waals surface area (Å²) in [5, 5.41) is 3.21. The highest BCUT2D eigenvalue weighted by molar-refractivity contribution is 9.10. The molecule has 1 heterocycles. The van der Waals surface area contributed by atoms with Crippen LogP contribution in [0.5, 0.6) is 0 Å². The number of nitrogens with one attached hydrogen (secondary N) is 1. The molecule has 17 heavy (non-hydrogen) atoms. The molecule has 1 atom stereocenters. The normalized spacial score (nSPS) is 19.9. The van der Waals surface area contributed by atoms with E-state index in [4.69, 9.17) is 4.74 Å². The van der Waals surface area contributed by atoms with Gasteiger partial charge >= 0.3 is 5.97 Å². The van der Waals surface area contributed by atoms with Crippen LogP contribution < -0.4 is 5.32 Å². The molecule has 0 spiro atoms. The Kier molecular flexibility index (Phi) is 4.57. The number of benzene rings is 1. The Labute approximate surface area is 110 Å². The summed E-state index contributed by atoms with van der Waals surface area (Å²) in [4.78, 5) is 11.8. The van der Waals surface area contributed by atoms with Crippen molar-refractivity contribution >= 4 is 21.9 Å². The zero-order chi connectivity index (χ0) is 12.1. The predicted molar refractivity (Wildman–Crippen MR) is 69.5 cm³/mol. The Hall–Kier alpha value is -0.870. The van der Waals surface area contributed by atoms with Crippen LogP contribution in [0.3, 0.4) is 0 Å². The molecule has 0 aliphatic carbocycles. The molecule has 1 aromatic carbocycles. The summed E-state index contributed by atoms with van der Waals surface area (Å²) < 4.78 is 6.33. The van der Waals surface area contributed by atoms with E-state index in [9.17, 15) is 4.79 Å². The molecule has 1 N–H and O–H groups in total. The van der Waals surface area contributed by atoms with E-state index in [1.807, 2.05) is 24.3 Å². The molecule has 1 aliphatic heterocycles. The molecule has 1 fully saturated rings. The molecule has 1 saturated heterocycles. The highest BCUT2D eigenvalue weighted by atomic mass is 79.9. The van der Waals surface area contributed by atoms with E-state index in [1.165, 1.54) is 0 Å². The van der Waals surface area contributed by atoms with Gasteiger partial charge in [0, 0.05) is 11.0 Å². The van der Waals surface area contributed by atoms with Gasteiger partial charge in [-0.3, -0.25) is 4.79 Å². The lowest BCUT2D eigenvalue weighted by Gasteiger charge is -2.21. The van der Waals surface area contributed by atoms with Gasteiger partial charge in [0.15, 0.2) is 0 Å². The molecule has 0 aromatic heterocycles. The molecule has 4 heteroatoms. The molecule has 3 nitrogen and oxygen atoms in total. The monoisotopic (exact) mass is 297 g/mol. The quantitative estimate of drug-likeness (QED) is 0.871. The van der Waals surface area contributed by atoms with Crippen LogP contribution in [-0.2, 0) is 16.1 Å². The van der Waals surface area contributed by atoms with Gasteiger partial charge in [0.25, 0.3) is 0 Å². The van der Waals surface area contributed by atoms with Crippen LogP contribution in [0.1, 0.15) is 18.4 Å². The van der Waals surface area contributed by atoms with E-state index in [0.717, 1.165) is 36.0 Å². The number of carbonyl (C=O) groups excluding carboxylic acids is 1. The number of hydrogen-bond donors (Lipinski definition) is 1. The van der Waals surface area contributed by atoms with Gasteiger partial charge in [-0.15, -0.1) is 0 Å². The molecule has 0 amide bonds. The molecule has 0 bridgehead atoms. The number of rotatable bonds is 3. The van der Waals surface area contributed by atoms with Crippen molar-refractivity contribution in [3.05, 3.63) is 34.3 Å². The maximum Gasteiger partial charge on any atom is 0.310 e. The lowest BCUT2D eigenvalue weighted by molar-refractivity contribution is -0.150. The molecule has 1 aliphatic rings. The Morgan fingerprint density at radius 2 is 2.41 bits per heavy atom. The molecular formula is C13H16BrNO2. The number of piperidine rings is 1. The first-order valence-electron chi connectivity index (χ1n) is 5.87. The van der Waals surface area contributed by atoms with Crippen molar-refractivity contribution in [3.8, 4) is 0 Å². The first kappa shape index (κ1) is 12.6. The topological polar surface area (TPSA) is 38.3 Å². The van der Waals surface area contributed by atoms with Crippen LogP contribution in [0.4, 0.5) is 0 Å². The van der Waals surface area contributed by atoms with E-state index in [0.29, 0.717) is 6.61 Å². The van der Waals surface area contributed by atoms with Crippen molar-refractivity contribution in [1.29, 1.82) is 0 Å². The van der Waals surface area contributed by atoms with Crippen molar-refractivity contribution in [2.45, 2.75) is 19.4 Å². The molecule has 2 rings (SSSR count). The highest BCUT2D eigenvalue weighted by Gasteiger charge is 2.22. The van der Waals surface area contributed by atoms with Crippen LogP contribution in [0.2, 0.25) is 0 Å². The third-order valence-electron chi connectivity index (χ3n) is 2.90. The largest absolute Gasteiger partial charge is 0.461 e. The van der Waals surface area contributed by atoms with Crippen molar-refractivity contribution in [3.63, 3.8) is 0 Å². The van der Waals surface area contributed by atoms with E-state index in [-0.39, 0.29) is 11.9 Å². The van der Waals surface area contributed by atoms with Crippen molar-refractivity contribution < 1.29 is 9.53 Å². The zero-order valence-corrected chi connectivity index (χ0v) is 11.2. The second kappa shape index (κ2) is 6.17. The van der Waals surface area contributed by atoms with E-state index < -0.39 is 0 Å². The van der Waals surface area contributed by atoms with E-state index in [2.05, 4.69) is 21.2 Å². The summed E-state index contributed by atoms with van der Waals surface area (Å²) in [5.74, 6) is -0.0620. The number of esters is 1. The molecule has 1 aromatic rings. The average molecular weight is 298 g/mol. The van der Waals surface area contributed by atoms with Gasteiger partial charge in [-0.05, 0) is 37.1 Å². The molecule has 0 saturated carbocycles. The van der Waals surface area contributed by atoms with Gasteiger partial charge < -0.3 is 10.1 Å². The predicted octanol–water partition coefficient (Wildman–Crippen LogP) is 2.49. The Morgan fingerprint density at radius 1 is 1.53 bits per heavy atom. The summed E-state index contributed by atoms with van der Waals surface area (Å²) in [7, 11) is 0. The Bertz CT molecular complexity index is 389. The lowest BCUT2D eigenvalue weighted by atomic mass is 10.0. The molecular weight excluding hydrogens is 282 g/mol. The minimum atomic E-state index is -0.0859. The number of ether oxygens (including phenoxy) is 1. The average Bonchev–Trinajstić information content (AvgIpc) is 2.37. The summed E-state index contributed by atoms with van der Waals surface area (Å²) in [6, 6.07) is 7.81. The first-order valence-corrected chi connectivity index (χ1v) is 6.67. The number of hydrogen-bond acceptors (Lipinski definition) is 3. The van der Waals surface area contributed by atoms with Crippen LogP contribution in [0.25, 0.3) is 0 Å². The second-order valence-corrected chi connectivity index (χ2v) is 5.20. The summed E-state index contributed by atoms with van der Waals surface area (Å²) >= 11 is 3.40. The summed E-state index contributed by atoms with van der Waals surface area (Å²) in [5.41, 5.74) is 1.01. The van der Waals surface area contributed by atoms with Crippen molar-refractivity contribution in [1.82, 2.24) is 5.32 Å². The molecule has 0 radical (unpaired) electrons. The van der Waals surface area contributed by atoms with Crippen LogP contribution in [0.15, 0.2) is 28.7 Å². The van der Waals surface area contributed by atoms with Crippen LogP contribution >= 0.6 is 15.9 Å². The fourth-order valence-electron chi connectivity index (χ4n) is 1.95. The van der Waals surface area contributed by atoms with Crippen molar-refractivity contribution in [2.24, 2.45) is 5.92 Å².